The summed E-state index contributed by atoms with van der Waals surface area (Å²) in [6, 6.07) is 36.0. The van der Waals surface area contributed by atoms with Crippen LogP contribution < -0.4 is 14.4 Å². The summed E-state index contributed by atoms with van der Waals surface area (Å²) in [5.41, 5.74) is 5.83. The number of hydrogen-bond acceptors (Lipinski definition) is 5. The van der Waals surface area contributed by atoms with Crippen LogP contribution in [0.3, 0.4) is 0 Å². The van der Waals surface area contributed by atoms with Gasteiger partial charge >= 0.3 is 0 Å². The highest BCUT2D eigenvalue weighted by molar-refractivity contribution is 5.88. The van der Waals surface area contributed by atoms with E-state index in [2.05, 4.69) is 49.8 Å². The Kier molecular flexibility index (Phi) is 4.67. The van der Waals surface area contributed by atoms with Crippen LogP contribution in [0, 0.1) is 0 Å². The van der Waals surface area contributed by atoms with E-state index in [-0.39, 0.29) is 0 Å². The van der Waals surface area contributed by atoms with Crippen molar-refractivity contribution in [2.45, 2.75) is 0 Å². The number of pyridine rings is 1. The first-order valence-corrected chi connectivity index (χ1v) is 11.7. The molecule has 0 N–H and O–H groups in total. The fourth-order valence-corrected chi connectivity index (χ4v) is 4.55. The molecule has 172 valence electrons. The summed E-state index contributed by atoms with van der Waals surface area (Å²) >= 11 is 0. The van der Waals surface area contributed by atoms with Gasteiger partial charge in [0, 0.05) is 24.0 Å². The fraction of sp³-hybridized carbons (Fsp3) is 0. The SMILES string of the molecule is c1ccc(Oc2cccc(N3c4ccccc4Oc4ccc(-n5cnc6ccccc65)cc43)c2)nc1. The molecule has 1 aliphatic rings. The van der Waals surface area contributed by atoms with Crippen LogP contribution in [-0.2, 0) is 0 Å². The molecule has 7 rings (SSSR count). The summed E-state index contributed by atoms with van der Waals surface area (Å²) in [5, 5.41) is 0. The minimum absolute atomic E-state index is 0.548. The number of para-hydroxylation sites is 4. The molecule has 0 atom stereocenters. The standard InChI is InChI=1S/C30H20N4O2/c1-2-11-25-24(10-1)32-20-33(25)21-15-16-29-27(19-21)34(26-12-3-4-13-28(26)36-29)22-8-7-9-23(18-22)35-30-14-5-6-17-31-30/h1-20H. The predicted octanol–water partition coefficient (Wildman–Crippen LogP) is 7.79. The van der Waals surface area contributed by atoms with Crippen LogP contribution in [0.1, 0.15) is 0 Å². The molecular formula is C30H20N4O2. The summed E-state index contributed by atoms with van der Waals surface area (Å²) in [7, 11) is 0. The number of aromatic nitrogens is 3. The Hall–Kier alpha value is -5.10. The van der Waals surface area contributed by atoms with Gasteiger partial charge in [0.15, 0.2) is 11.5 Å². The average Bonchev–Trinajstić information content (AvgIpc) is 3.36. The Bertz CT molecular complexity index is 1710. The number of nitrogens with zero attached hydrogens (tertiary/aromatic N) is 4. The largest absolute Gasteiger partial charge is 0.453 e. The molecule has 0 amide bonds. The van der Waals surface area contributed by atoms with Crippen LogP contribution in [0.4, 0.5) is 17.1 Å². The highest BCUT2D eigenvalue weighted by Crippen LogP contribution is 2.51. The van der Waals surface area contributed by atoms with Gasteiger partial charge < -0.3 is 14.4 Å². The number of fused-ring (bicyclic) bond motifs is 3. The van der Waals surface area contributed by atoms with Crippen molar-refractivity contribution in [2.75, 3.05) is 4.90 Å². The molecule has 36 heavy (non-hydrogen) atoms. The van der Waals surface area contributed by atoms with E-state index < -0.39 is 0 Å². The maximum absolute atomic E-state index is 6.31. The third-order valence-corrected chi connectivity index (χ3v) is 6.18. The number of rotatable bonds is 4. The maximum atomic E-state index is 6.31. The molecule has 0 fully saturated rings. The van der Waals surface area contributed by atoms with Crippen molar-refractivity contribution < 1.29 is 9.47 Å². The molecule has 0 unspecified atom stereocenters. The number of anilines is 3. The molecule has 6 heteroatoms. The van der Waals surface area contributed by atoms with Crippen LogP contribution in [0.5, 0.6) is 23.1 Å². The number of hydrogen-bond donors (Lipinski definition) is 0. The molecule has 4 aromatic carbocycles. The molecule has 3 heterocycles. The Morgan fingerprint density at radius 3 is 2.44 bits per heavy atom. The van der Waals surface area contributed by atoms with Crippen molar-refractivity contribution in [3.63, 3.8) is 0 Å². The molecule has 0 bridgehead atoms. The summed E-state index contributed by atoms with van der Waals surface area (Å²) in [6.07, 6.45) is 3.57. The average molecular weight is 469 g/mol. The van der Waals surface area contributed by atoms with Gasteiger partial charge in [0.1, 0.15) is 12.1 Å². The number of benzene rings is 4. The second-order valence-electron chi connectivity index (χ2n) is 8.43. The smallest absolute Gasteiger partial charge is 0.219 e. The van der Waals surface area contributed by atoms with Crippen LogP contribution >= 0.6 is 0 Å². The first-order chi connectivity index (χ1) is 17.8. The summed E-state index contributed by atoms with van der Waals surface area (Å²) in [4.78, 5) is 11.1. The zero-order chi connectivity index (χ0) is 23.9. The van der Waals surface area contributed by atoms with E-state index in [4.69, 9.17) is 9.47 Å². The van der Waals surface area contributed by atoms with Crippen molar-refractivity contribution in [3.8, 4) is 28.8 Å². The molecule has 0 radical (unpaired) electrons. The van der Waals surface area contributed by atoms with Crippen molar-refractivity contribution in [1.82, 2.24) is 14.5 Å². The second-order valence-corrected chi connectivity index (χ2v) is 8.43. The van der Waals surface area contributed by atoms with E-state index in [0.29, 0.717) is 11.6 Å². The van der Waals surface area contributed by atoms with E-state index in [9.17, 15) is 0 Å². The van der Waals surface area contributed by atoms with Crippen molar-refractivity contribution in [2.24, 2.45) is 0 Å². The lowest BCUT2D eigenvalue weighted by atomic mass is 10.1. The Balaban J connectivity index is 1.36. The van der Waals surface area contributed by atoms with Gasteiger partial charge in [0.05, 0.1) is 28.1 Å². The van der Waals surface area contributed by atoms with Gasteiger partial charge in [-0.1, -0.05) is 36.4 Å². The molecule has 0 aliphatic carbocycles. The van der Waals surface area contributed by atoms with E-state index in [1.54, 1.807) is 6.20 Å². The Labute approximate surface area is 207 Å². The van der Waals surface area contributed by atoms with Crippen molar-refractivity contribution >= 4 is 28.1 Å². The molecule has 6 nitrogen and oxygen atoms in total. The number of ether oxygens (including phenoxy) is 2. The lowest BCUT2D eigenvalue weighted by Crippen LogP contribution is -2.16. The lowest BCUT2D eigenvalue weighted by molar-refractivity contribution is 0.462. The zero-order valence-electron chi connectivity index (χ0n) is 19.2. The zero-order valence-corrected chi connectivity index (χ0v) is 19.2. The molecule has 1 aliphatic heterocycles. The number of imidazole rings is 1. The van der Waals surface area contributed by atoms with Crippen molar-refractivity contribution in [1.29, 1.82) is 0 Å². The Morgan fingerprint density at radius 2 is 1.50 bits per heavy atom. The lowest BCUT2D eigenvalue weighted by Gasteiger charge is -2.33. The van der Waals surface area contributed by atoms with Gasteiger partial charge in [-0.05, 0) is 60.7 Å². The van der Waals surface area contributed by atoms with Gasteiger partial charge in [0.25, 0.3) is 0 Å². The van der Waals surface area contributed by atoms with Gasteiger partial charge in [-0.2, -0.15) is 0 Å². The highest BCUT2D eigenvalue weighted by atomic mass is 16.5. The topological polar surface area (TPSA) is 52.4 Å². The maximum Gasteiger partial charge on any atom is 0.219 e. The molecule has 6 aromatic rings. The molecule has 2 aromatic heterocycles. The third-order valence-electron chi connectivity index (χ3n) is 6.18. The highest BCUT2D eigenvalue weighted by Gasteiger charge is 2.26. The van der Waals surface area contributed by atoms with Crippen molar-refractivity contribution in [3.05, 3.63) is 122 Å². The van der Waals surface area contributed by atoms with Gasteiger partial charge in [-0.15, -0.1) is 0 Å². The molecule has 0 saturated carbocycles. The van der Waals surface area contributed by atoms with Crippen LogP contribution in [0.25, 0.3) is 16.7 Å². The summed E-state index contributed by atoms with van der Waals surface area (Å²) < 4.78 is 14.4. The summed E-state index contributed by atoms with van der Waals surface area (Å²) in [5.74, 6) is 2.82. The van der Waals surface area contributed by atoms with Gasteiger partial charge in [-0.25, -0.2) is 9.97 Å². The quantitative estimate of drug-likeness (QED) is 0.264. The van der Waals surface area contributed by atoms with E-state index >= 15 is 0 Å². The van der Waals surface area contributed by atoms with Crippen LogP contribution in [-0.4, -0.2) is 14.5 Å². The summed E-state index contributed by atoms with van der Waals surface area (Å²) in [6.45, 7) is 0. The van der Waals surface area contributed by atoms with E-state index in [1.165, 1.54) is 0 Å². The minimum Gasteiger partial charge on any atom is -0.453 e. The normalized spacial score (nSPS) is 12.1. The monoisotopic (exact) mass is 468 g/mol. The molecule has 0 spiro atoms. The van der Waals surface area contributed by atoms with Gasteiger partial charge in [-0.3, -0.25) is 4.57 Å². The Morgan fingerprint density at radius 1 is 0.639 bits per heavy atom. The van der Waals surface area contributed by atoms with E-state index in [0.717, 1.165) is 45.3 Å². The first kappa shape index (κ1) is 20.3. The fourth-order valence-electron chi connectivity index (χ4n) is 4.55. The first-order valence-electron chi connectivity index (χ1n) is 11.7. The van der Waals surface area contributed by atoms with Gasteiger partial charge in [0.2, 0.25) is 5.88 Å². The predicted molar refractivity (Wildman–Crippen MR) is 140 cm³/mol. The third kappa shape index (κ3) is 3.44. The van der Waals surface area contributed by atoms with E-state index in [1.807, 2.05) is 85.2 Å². The minimum atomic E-state index is 0.548. The molecular weight excluding hydrogens is 448 g/mol. The van der Waals surface area contributed by atoms with Crippen LogP contribution in [0.2, 0.25) is 0 Å². The second kappa shape index (κ2) is 8.29. The van der Waals surface area contributed by atoms with Crippen LogP contribution in [0.15, 0.2) is 122 Å². The molecule has 0 saturated heterocycles.